The fourth-order valence-corrected chi connectivity index (χ4v) is 545. The number of amides is 2. The zero-order valence-corrected chi connectivity index (χ0v) is 27.4. The first-order valence-electron chi connectivity index (χ1n) is 9.47. The third-order valence-corrected chi connectivity index (χ3v) is 236. The van der Waals surface area contributed by atoms with E-state index in [1.807, 2.05) is 6.92 Å². The molecule has 0 aliphatic carbocycles. The molecule has 1 heterocycles. The summed E-state index contributed by atoms with van der Waals surface area (Å²) in [5, 5.41) is 5.01. The van der Waals surface area contributed by atoms with Crippen molar-refractivity contribution >= 4 is 30.4 Å². The molecule has 0 radical (unpaired) electrons. The number of carbonyl (C=O) groups excluding carboxylic acids is 2. The molecular weight excluding hydrogens is 586 g/mol. The first kappa shape index (κ1) is 27.8. The summed E-state index contributed by atoms with van der Waals surface area (Å²) in [7, 11) is 9.19. The molecule has 26 heavy (non-hydrogen) atoms. The van der Waals surface area contributed by atoms with Crippen LogP contribution in [0, 0.1) is 0 Å². The van der Waals surface area contributed by atoms with Gasteiger partial charge in [0.15, 0.2) is 0 Å². The van der Waals surface area contributed by atoms with Gasteiger partial charge in [0.25, 0.3) is 0 Å². The summed E-state index contributed by atoms with van der Waals surface area (Å²) in [6, 6.07) is 0. The first-order valence-corrected chi connectivity index (χ1v) is 43.6. The van der Waals surface area contributed by atoms with Crippen LogP contribution < -0.4 is 7.60 Å². The Labute approximate surface area is 184 Å². The number of halogens is 2. The molecule has 2 N–H and O–H groups in total. The van der Waals surface area contributed by atoms with Crippen molar-refractivity contribution in [2.75, 3.05) is 0 Å². The minimum atomic E-state index is -3.91. The molecule has 0 aromatic carbocycles. The monoisotopic (exact) mass is 617 g/mol. The van der Waals surface area contributed by atoms with E-state index in [9.17, 15) is 9.59 Å². The summed E-state index contributed by atoms with van der Waals surface area (Å²) < 4.78 is 8.15. The molecule has 4 nitrogen and oxygen atoms in total. The van der Waals surface area contributed by atoms with Crippen LogP contribution >= 0.6 is 18.6 Å². The average molecular weight is 618 g/mol. The molecule has 1 rings (SSSR count). The average Bonchev–Trinajstić information content (AvgIpc) is 2.44. The zero-order chi connectivity index (χ0) is 20.0. The molecule has 0 spiro atoms. The van der Waals surface area contributed by atoms with E-state index in [-0.39, 0.29) is 24.6 Å². The summed E-state index contributed by atoms with van der Waals surface area (Å²) in [5.74, 6) is 0.340. The van der Waals surface area contributed by atoms with E-state index in [2.05, 4.69) is 31.9 Å². The summed E-state index contributed by atoms with van der Waals surface area (Å²) in [6.45, 7) is 6.30. The Morgan fingerprint density at radius 2 is 1.62 bits per heavy atom. The summed E-state index contributed by atoms with van der Waals surface area (Å²) >= 11 is -3.90. The van der Waals surface area contributed by atoms with Crippen LogP contribution in [-0.4, -0.2) is 11.8 Å². The van der Waals surface area contributed by atoms with Gasteiger partial charge < -0.3 is 0 Å². The van der Waals surface area contributed by atoms with E-state index < -0.39 is 53.1 Å². The summed E-state index contributed by atoms with van der Waals surface area (Å²) in [5.41, 5.74) is 0. The molecule has 0 atom stereocenters. The second kappa shape index (κ2) is 12.2. The van der Waals surface area contributed by atoms with Gasteiger partial charge in [-0.3, -0.25) is 0 Å². The van der Waals surface area contributed by atoms with Crippen molar-refractivity contribution in [1.82, 2.24) is 7.60 Å². The van der Waals surface area contributed by atoms with Crippen LogP contribution in [0.1, 0.15) is 59.3 Å². The standard InChI is InChI=1S/2C4H9NO.C4H9.2CH3.2ClH.6Ti/c2*1-2-3-4(5)6;1-3-4-2;;;;;;;;;;/h2*2-3H2,1H3,(H2,5,6);1,3-4H2,2H3;2*1H3;2*1H;;;;;;/q;;;;;;;;;;;+1;+3/p-4. The Morgan fingerprint density at radius 1 is 1.04 bits per heavy atom. The van der Waals surface area contributed by atoms with Crippen molar-refractivity contribution in [3.05, 3.63) is 0 Å². The van der Waals surface area contributed by atoms with Crippen LogP contribution in [0.4, 0.5) is 0 Å². The second-order valence-electron chi connectivity index (χ2n) is 7.44. The van der Waals surface area contributed by atoms with Gasteiger partial charge in [0.1, 0.15) is 0 Å². The van der Waals surface area contributed by atoms with Crippen molar-refractivity contribution in [1.29, 1.82) is 0 Å². The van der Waals surface area contributed by atoms with Crippen LogP contribution in [0.2, 0.25) is 15.2 Å². The van der Waals surface area contributed by atoms with E-state index >= 15 is 0 Å². The quantitative estimate of drug-likeness (QED) is 0.358. The predicted molar refractivity (Wildman–Crippen MR) is 89.3 cm³/mol. The van der Waals surface area contributed by atoms with Crippen LogP contribution in [0.5, 0.6) is 0 Å². The van der Waals surface area contributed by atoms with Crippen molar-refractivity contribution in [3.63, 3.8) is 0 Å². The number of carbonyl (C=O) groups is 2. The molecule has 0 unspecified atom stereocenters. The van der Waals surface area contributed by atoms with Gasteiger partial charge in [0.2, 0.25) is 0 Å². The van der Waals surface area contributed by atoms with Crippen LogP contribution in [0.3, 0.4) is 0 Å². The fourth-order valence-electron chi connectivity index (χ4n) is 3.14. The molecule has 0 saturated carbocycles. The Bertz CT molecular complexity index is 524. The van der Waals surface area contributed by atoms with E-state index in [4.69, 9.17) is 18.6 Å². The van der Waals surface area contributed by atoms with Crippen LogP contribution in [0.15, 0.2) is 0 Å². The number of rotatable bonds is 9. The minimum absolute atomic E-state index is 0.00775. The number of hydrogen-bond acceptors (Lipinski definition) is 2. The molecule has 1 saturated heterocycles. The topological polar surface area (TPSA) is 58.2 Å². The molecule has 12 heteroatoms. The zero-order valence-electron chi connectivity index (χ0n) is 16.5. The molecule has 0 bridgehead atoms. The van der Waals surface area contributed by atoms with Crippen molar-refractivity contribution in [3.8, 4) is 0 Å². The van der Waals surface area contributed by atoms with Crippen molar-refractivity contribution < 1.29 is 75.4 Å². The predicted octanol–water partition coefficient (Wildman–Crippen LogP) is 5.02. The number of unbranched alkanes of at least 4 members (excludes halogenated alkanes) is 1. The molecule has 147 valence electrons. The summed E-state index contributed by atoms with van der Waals surface area (Å²) in [4.78, 5) is 25.0. The second-order valence-corrected chi connectivity index (χ2v) is 116. The SMILES string of the molecule is CCC[CH2][Ti]1[Ti]([NH]C(=O)CCC)[Ti][Ti]([CH3])([CH3])[Ti][Ti]1([Cl])([Cl])[NH]C(=O)CCC. The Balaban J connectivity index is 3.23. The normalized spacial score (nSPS) is 21.6. The van der Waals surface area contributed by atoms with Gasteiger partial charge in [-0.2, -0.15) is 0 Å². The molecule has 1 aliphatic rings. The Kier molecular flexibility index (Phi) is 13.0. The van der Waals surface area contributed by atoms with Crippen LogP contribution in [-0.2, 0) is 75.4 Å². The molecule has 1 aliphatic heterocycles. The number of nitrogens with one attached hydrogen (secondary N) is 2. The third-order valence-electron chi connectivity index (χ3n) is 4.16. The third kappa shape index (κ3) is 8.74. The van der Waals surface area contributed by atoms with Gasteiger partial charge in [-0.15, -0.1) is 0 Å². The van der Waals surface area contributed by atoms with Gasteiger partial charge in [-0.05, 0) is 0 Å². The molecule has 2 amide bonds. The maximum absolute atomic E-state index is 12.6. The summed E-state index contributed by atoms with van der Waals surface area (Å²) in [6.07, 6.45) is 5.21. The van der Waals surface area contributed by atoms with Gasteiger partial charge >= 0.3 is 188 Å². The van der Waals surface area contributed by atoms with Crippen molar-refractivity contribution in [2.45, 2.75) is 74.5 Å². The first-order chi connectivity index (χ1) is 12.0. The van der Waals surface area contributed by atoms with Gasteiger partial charge in [0, 0.05) is 0 Å². The molecule has 0 aromatic heterocycles. The Hall–Kier alpha value is 3.81. The Morgan fingerprint density at radius 3 is 2.15 bits per heavy atom. The van der Waals surface area contributed by atoms with E-state index in [0.29, 0.717) is 12.8 Å². The van der Waals surface area contributed by atoms with E-state index in [1.54, 1.807) is 0 Å². The molecule has 1 fully saturated rings. The van der Waals surface area contributed by atoms with E-state index in [1.165, 1.54) is 11.1 Å². The van der Waals surface area contributed by atoms with Gasteiger partial charge in [-0.1, -0.05) is 0 Å². The maximum atomic E-state index is 12.6. The molecular formula is C14H31Cl2N2O2Ti6. The number of hydrogen-bond donors (Lipinski definition) is 2. The van der Waals surface area contributed by atoms with Gasteiger partial charge in [0.05, 0.1) is 0 Å². The van der Waals surface area contributed by atoms with Crippen LogP contribution in [0.25, 0.3) is 0 Å². The fraction of sp³-hybridized carbons (Fsp3) is 0.857. The molecule has 0 aromatic rings. The van der Waals surface area contributed by atoms with Gasteiger partial charge in [-0.25, -0.2) is 0 Å². The van der Waals surface area contributed by atoms with E-state index in [0.717, 1.165) is 19.3 Å². The van der Waals surface area contributed by atoms with Crippen molar-refractivity contribution in [2.24, 2.45) is 0 Å².